The van der Waals surface area contributed by atoms with Gasteiger partial charge in [0.15, 0.2) is 23.3 Å². The van der Waals surface area contributed by atoms with Gasteiger partial charge in [-0.25, -0.2) is 26.5 Å². The zero-order valence-electron chi connectivity index (χ0n) is 12.9. The van der Waals surface area contributed by atoms with Gasteiger partial charge in [-0.1, -0.05) is 48.5 Å². The Morgan fingerprint density at radius 2 is 1.12 bits per heavy atom. The molecule has 134 valence electrons. The highest BCUT2D eigenvalue weighted by Gasteiger charge is 2.28. The maximum Gasteiger partial charge on any atom is 0.324 e. The van der Waals surface area contributed by atoms with E-state index < -0.39 is 48.9 Å². The Morgan fingerprint density at radius 3 is 1.65 bits per heavy atom. The Labute approximate surface area is 146 Å². The molecule has 26 heavy (non-hydrogen) atoms. The van der Waals surface area contributed by atoms with Crippen LogP contribution in [-0.2, 0) is 4.57 Å². The molecule has 0 unspecified atom stereocenters. The Kier molecular flexibility index (Phi) is 6.55. The smallest absolute Gasteiger partial charge is 0.310 e. The first kappa shape index (κ1) is 19.7. The summed E-state index contributed by atoms with van der Waals surface area (Å²) >= 11 is 0. The van der Waals surface area contributed by atoms with E-state index in [4.69, 9.17) is 9.46 Å². The molecule has 0 aliphatic rings. The quantitative estimate of drug-likeness (QED) is 0.258. The summed E-state index contributed by atoms with van der Waals surface area (Å²) in [6.07, 6.45) is 0. The molecule has 0 radical (unpaired) electrons. The highest BCUT2D eigenvalue weighted by molar-refractivity contribution is 7.16. The molecule has 0 amide bonds. The summed E-state index contributed by atoms with van der Waals surface area (Å²) in [5, 5.41) is 0. The minimum atomic E-state index is -1.97. The predicted octanol–water partition coefficient (Wildman–Crippen LogP) is 5.90. The Balaban J connectivity index is 0.000000758. The van der Waals surface area contributed by atoms with Crippen molar-refractivity contribution in [2.75, 3.05) is 0 Å². The van der Waals surface area contributed by atoms with Gasteiger partial charge in [-0.15, -0.1) is 0 Å². The molecular weight excluding hydrogens is 374 g/mol. The second kappa shape index (κ2) is 8.65. The molecule has 0 fully saturated rings. The summed E-state index contributed by atoms with van der Waals surface area (Å²) in [4.78, 5) is 6.99. The van der Waals surface area contributed by atoms with Gasteiger partial charge in [0, 0.05) is 16.7 Å². The molecule has 0 aromatic heterocycles. The molecule has 2 nitrogen and oxygen atoms in total. The molecule has 0 aliphatic heterocycles. The zero-order valence-corrected chi connectivity index (χ0v) is 13.8. The summed E-state index contributed by atoms with van der Waals surface area (Å²) in [5.41, 5.74) is -1.40. The van der Waals surface area contributed by atoms with Crippen molar-refractivity contribution in [1.29, 1.82) is 0 Å². The standard InChI is InChI=1S/C18H9F5.HO2P/c19-12-9-5-4-8-11(12)14-13(10-6-2-1-3-7-10)15(20)17(22)18(23)16(14)21;1-3-2/h1-9H;(H,1,2). The van der Waals surface area contributed by atoms with Crippen LogP contribution in [0.2, 0.25) is 0 Å². The molecule has 3 aromatic rings. The molecule has 0 saturated heterocycles. The van der Waals surface area contributed by atoms with Crippen LogP contribution in [0.4, 0.5) is 22.0 Å². The van der Waals surface area contributed by atoms with Crippen molar-refractivity contribution in [3.05, 3.63) is 83.7 Å². The fraction of sp³-hybridized carbons (Fsp3) is 0. The van der Waals surface area contributed by atoms with Crippen LogP contribution in [0.25, 0.3) is 22.3 Å². The number of hydrogen-bond acceptors (Lipinski definition) is 1. The topological polar surface area (TPSA) is 37.3 Å². The minimum absolute atomic E-state index is 0.112. The predicted molar refractivity (Wildman–Crippen MR) is 86.9 cm³/mol. The lowest BCUT2D eigenvalue weighted by Gasteiger charge is -2.14. The third kappa shape index (κ3) is 3.79. The van der Waals surface area contributed by atoms with Crippen LogP contribution < -0.4 is 0 Å². The van der Waals surface area contributed by atoms with E-state index in [0.29, 0.717) is 0 Å². The van der Waals surface area contributed by atoms with Crippen molar-refractivity contribution < 1.29 is 31.4 Å². The number of rotatable bonds is 2. The first-order chi connectivity index (χ1) is 12.4. The molecule has 0 atom stereocenters. The lowest BCUT2D eigenvalue weighted by molar-refractivity contribution is 0.412. The molecule has 3 rings (SSSR count). The fourth-order valence-electron chi connectivity index (χ4n) is 2.42. The van der Waals surface area contributed by atoms with E-state index in [-0.39, 0.29) is 11.1 Å². The molecular formula is C18H10F5O2P. The molecule has 0 aliphatic carbocycles. The monoisotopic (exact) mass is 384 g/mol. The third-order valence-electron chi connectivity index (χ3n) is 3.47. The van der Waals surface area contributed by atoms with E-state index >= 15 is 0 Å². The first-order valence-electron chi connectivity index (χ1n) is 7.07. The van der Waals surface area contributed by atoms with Gasteiger partial charge in [0.2, 0.25) is 0 Å². The maximum absolute atomic E-state index is 14.3. The van der Waals surface area contributed by atoms with Gasteiger partial charge in [0.05, 0.1) is 0 Å². The summed E-state index contributed by atoms with van der Waals surface area (Å²) < 4.78 is 78.4. The van der Waals surface area contributed by atoms with E-state index in [2.05, 4.69) is 0 Å². The molecule has 1 N–H and O–H groups in total. The molecule has 0 heterocycles. The summed E-state index contributed by atoms with van der Waals surface area (Å²) in [7, 11) is -0.833. The van der Waals surface area contributed by atoms with Crippen molar-refractivity contribution in [3.63, 3.8) is 0 Å². The van der Waals surface area contributed by atoms with Crippen molar-refractivity contribution in [2.45, 2.75) is 0 Å². The van der Waals surface area contributed by atoms with Crippen LogP contribution in [0.1, 0.15) is 0 Å². The van der Waals surface area contributed by atoms with Crippen LogP contribution in [0, 0.1) is 29.1 Å². The van der Waals surface area contributed by atoms with E-state index in [0.717, 1.165) is 6.07 Å². The van der Waals surface area contributed by atoms with Gasteiger partial charge in [0.1, 0.15) is 5.82 Å². The Morgan fingerprint density at radius 1 is 0.654 bits per heavy atom. The van der Waals surface area contributed by atoms with E-state index in [1.165, 1.54) is 42.5 Å². The van der Waals surface area contributed by atoms with Crippen LogP contribution >= 0.6 is 8.69 Å². The van der Waals surface area contributed by atoms with Crippen LogP contribution in [0.15, 0.2) is 54.6 Å². The van der Waals surface area contributed by atoms with E-state index in [1.807, 2.05) is 0 Å². The van der Waals surface area contributed by atoms with Gasteiger partial charge in [-0.3, -0.25) is 0 Å². The van der Waals surface area contributed by atoms with Gasteiger partial charge in [0.25, 0.3) is 0 Å². The van der Waals surface area contributed by atoms with Crippen molar-refractivity contribution >= 4 is 8.69 Å². The first-order valence-corrected chi connectivity index (χ1v) is 7.83. The molecule has 0 saturated carbocycles. The Bertz CT molecular complexity index is 933. The van der Waals surface area contributed by atoms with Crippen LogP contribution in [0.3, 0.4) is 0 Å². The third-order valence-corrected chi connectivity index (χ3v) is 3.47. The molecule has 0 spiro atoms. The fourth-order valence-corrected chi connectivity index (χ4v) is 2.42. The largest absolute Gasteiger partial charge is 0.324 e. The van der Waals surface area contributed by atoms with Crippen molar-refractivity contribution in [3.8, 4) is 22.3 Å². The highest BCUT2D eigenvalue weighted by atomic mass is 31.1. The number of benzene rings is 3. The van der Waals surface area contributed by atoms with Crippen LogP contribution in [-0.4, -0.2) is 4.89 Å². The second-order valence-corrected chi connectivity index (χ2v) is 5.10. The average Bonchev–Trinajstić information content (AvgIpc) is 2.65. The summed E-state index contributed by atoms with van der Waals surface area (Å²) in [5.74, 6) is -7.96. The van der Waals surface area contributed by atoms with Gasteiger partial charge < -0.3 is 4.89 Å². The normalized spacial score (nSPS) is 10.4. The van der Waals surface area contributed by atoms with E-state index in [1.54, 1.807) is 6.07 Å². The van der Waals surface area contributed by atoms with Gasteiger partial charge in [-0.2, -0.15) is 0 Å². The molecule has 3 aromatic carbocycles. The van der Waals surface area contributed by atoms with Gasteiger partial charge in [-0.05, 0) is 11.6 Å². The number of halogens is 5. The number of hydrogen-bond donors (Lipinski definition) is 1. The average molecular weight is 384 g/mol. The van der Waals surface area contributed by atoms with Crippen molar-refractivity contribution in [1.82, 2.24) is 0 Å². The van der Waals surface area contributed by atoms with Crippen molar-refractivity contribution in [2.24, 2.45) is 0 Å². The zero-order chi connectivity index (χ0) is 19.3. The summed E-state index contributed by atoms with van der Waals surface area (Å²) in [6.45, 7) is 0. The second-order valence-electron chi connectivity index (χ2n) is 4.93. The summed E-state index contributed by atoms with van der Waals surface area (Å²) in [6, 6.07) is 12.4. The minimum Gasteiger partial charge on any atom is -0.310 e. The lowest BCUT2D eigenvalue weighted by atomic mass is 9.92. The van der Waals surface area contributed by atoms with Gasteiger partial charge >= 0.3 is 8.69 Å². The van der Waals surface area contributed by atoms with Crippen LogP contribution in [0.5, 0.6) is 0 Å². The Hall–Kier alpha value is -2.63. The molecule has 0 bridgehead atoms. The SMILES string of the molecule is Fc1ccccc1-c1c(F)c(F)c(F)c(F)c1-c1ccccc1.O=PO. The molecule has 8 heteroatoms. The lowest BCUT2D eigenvalue weighted by Crippen LogP contribution is -2.04. The van der Waals surface area contributed by atoms with E-state index in [9.17, 15) is 22.0 Å². The highest BCUT2D eigenvalue weighted by Crippen LogP contribution is 2.39. The maximum atomic E-state index is 14.3.